The largest absolute Gasteiger partial charge is 0.464 e. The molecule has 8 nitrogen and oxygen atoms in total. The number of benzene rings is 1. The highest BCUT2D eigenvalue weighted by Gasteiger charge is 2.29. The first-order chi connectivity index (χ1) is 11.9. The first-order valence-corrected chi connectivity index (χ1v) is 8.45. The van der Waals surface area contributed by atoms with Crippen LogP contribution in [0.15, 0.2) is 34.9 Å². The van der Waals surface area contributed by atoms with Crippen LogP contribution in [0.3, 0.4) is 0 Å². The summed E-state index contributed by atoms with van der Waals surface area (Å²) in [7, 11) is 0. The van der Waals surface area contributed by atoms with Crippen LogP contribution in [0, 0.1) is 5.92 Å². The molecule has 0 radical (unpaired) electrons. The number of nitrogens with zero attached hydrogens (tertiary/aromatic N) is 3. The number of hydrogen-bond acceptors (Lipinski definition) is 7. The first kappa shape index (κ1) is 19.1. The average molecular weight is 412 g/mol. The molecule has 0 bridgehead atoms. The Bertz CT molecular complexity index is 732. The Morgan fingerprint density at radius 2 is 2.00 bits per heavy atom. The van der Waals surface area contributed by atoms with Crippen molar-refractivity contribution in [1.29, 1.82) is 0 Å². The van der Waals surface area contributed by atoms with Crippen molar-refractivity contribution in [1.82, 2.24) is 15.2 Å². The number of ketones is 1. The lowest BCUT2D eigenvalue weighted by Crippen LogP contribution is -2.30. The van der Waals surface area contributed by atoms with Crippen LogP contribution in [0.5, 0.6) is 0 Å². The van der Waals surface area contributed by atoms with Gasteiger partial charge in [0, 0.05) is 10.4 Å². The minimum Gasteiger partial charge on any atom is -0.464 e. The lowest BCUT2D eigenvalue weighted by atomic mass is 9.89. The molecule has 1 heterocycles. The summed E-state index contributed by atoms with van der Waals surface area (Å²) in [5.41, 5.74) is 0.815. The molecule has 0 aliphatic heterocycles. The molecule has 0 saturated heterocycles. The van der Waals surface area contributed by atoms with E-state index in [2.05, 4.69) is 26.2 Å². The van der Waals surface area contributed by atoms with E-state index >= 15 is 0 Å². The summed E-state index contributed by atoms with van der Waals surface area (Å²) in [6.07, 6.45) is -0.172. The molecule has 2 rings (SSSR count). The number of carbonyl (C=O) groups is 2. The molecular weight excluding hydrogens is 394 g/mol. The third-order valence-corrected chi connectivity index (χ3v) is 4.10. The van der Waals surface area contributed by atoms with Gasteiger partial charge in [0.2, 0.25) is 0 Å². The fourth-order valence-electron chi connectivity index (χ4n) is 2.37. The Labute approximate surface area is 152 Å². The lowest BCUT2D eigenvalue weighted by Gasteiger charge is -2.18. The predicted octanol–water partition coefficient (Wildman–Crippen LogP) is 1.63. The highest BCUT2D eigenvalue weighted by atomic mass is 79.9. The Hall–Kier alpha value is -2.26. The van der Waals surface area contributed by atoms with Gasteiger partial charge < -0.3 is 15.1 Å². The highest BCUT2D eigenvalue weighted by Crippen LogP contribution is 2.21. The van der Waals surface area contributed by atoms with Crippen molar-refractivity contribution < 1.29 is 24.6 Å². The molecule has 134 valence electrons. The van der Waals surface area contributed by atoms with Gasteiger partial charge in [0.05, 0.1) is 12.8 Å². The monoisotopic (exact) mass is 411 g/mol. The molecule has 1 aromatic carbocycles. The van der Waals surface area contributed by atoms with E-state index in [1.165, 1.54) is 0 Å². The van der Waals surface area contributed by atoms with E-state index in [9.17, 15) is 19.9 Å². The van der Waals surface area contributed by atoms with Gasteiger partial charge in [-0.1, -0.05) is 32.9 Å². The van der Waals surface area contributed by atoms with E-state index in [1.54, 1.807) is 6.92 Å². The minimum absolute atomic E-state index is 0.0410. The molecule has 25 heavy (non-hydrogen) atoms. The number of ether oxygens (including phenoxy) is 1. The summed E-state index contributed by atoms with van der Waals surface area (Å²) < 4.78 is 5.68. The first-order valence-electron chi connectivity index (χ1n) is 7.65. The van der Waals surface area contributed by atoms with Crippen molar-refractivity contribution in [3.05, 3.63) is 46.2 Å². The number of halogens is 1. The third-order valence-electron chi connectivity index (χ3n) is 3.57. The normalized spacial score (nSPS) is 13.2. The van der Waals surface area contributed by atoms with Gasteiger partial charge in [-0.05, 0) is 42.7 Å². The van der Waals surface area contributed by atoms with Crippen LogP contribution < -0.4 is 0 Å². The maximum atomic E-state index is 12.6. The molecule has 9 heteroatoms. The maximum Gasteiger partial charge on any atom is 0.334 e. The van der Waals surface area contributed by atoms with E-state index in [0.29, 0.717) is 11.3 Å². The van der Waals surface area contributed by atoms with Crippen LogP contribution in [-0.2, 0) is 16.0 Å². The number of carbonyl (C=O) groups excluding carboxylic acids is 2. The van der Waals surface area contributed by atoms with Crippen molar-refractivity contribution >= 4 is 27.7 Å². The molecule has 1 aromatic heterocycles. The van der Waals surface area contributed by atoms with Crippen LogP contribution in [0.25, 0.3) is 0 Å². The SMILES string of the molecule is CCOC(=O)[C@H](O)C[C@@H](Cc1ccc(Br)cc1)C(=O)c1cn(O)nn1. The molecule has 0 spiro atoms. The number of Topliss-reactive ketones (excluding diaryl/α,β-unsaturated/α-hetero) is 1. The van der Waals surface area contributed by atoms with Crippen molar-refractivity contribution in [2.75, 3.05) is 6.61 Å². The standard InChI is InChI=1S/C16H18BrN3O5/c1-2-25-16(23)14(21)8-11(7-10-3-5-12(17)6-4-10)15(22)13-9-20(24)19-18-13/h3-6,9,11,14,21,24H,2,7-8H2,1H3/t11-,14-/m1/s1. The summed E-state index contributed by atoms with van der Waals surface area (Å²) in [6, 6.07) is 7.35. The number of aliphatic hydroxyl groups excluding tert-OH is 1. The number of esters is 1. The Morgan fingerprint density at radius 3 is 2.56 bits per heavy atom. The molecule has 0 unspecified atom stereocenters. The quantitative estimate of drug-likeness (QED) is 0.385. The smallest absolute Gasteiger partial charge is 0.334 e. The molecular formula is C16H18BrN3O5. The summed E-state index contributed by atoms with van der Waals surface area (Å²) >= 11 is 3.34. The van der Waals surface area contributed by atoms with Gasteiger partial charge in [-0.2, -0.15) is 0 Å². The number of aromatic nitrogens is 3. The second-order valence-electron chi connectivity index (χ2n) is 5.42. The van der Waals surface area contributed by atoms with E-state index in [1.807, 2.05) is 24.3 Å². The topological polar surface area (TPSA) is 115 Å². The summed E-state index contributed by atoms with van der Waals surface area (Å²) in [4.78, 5) is 24.8. The van der Waals surface area contributed by atoms with Crippen molar-refractivity contribution in [2.24, 2.45) is 5.92 Å². The number of hydrogen-bond donors (Lipinski definition) is 2. The van der Waals surface area contributed by atoms with E-state index in [4.69, 9.17) is 4.74 Å². The zero-order chi connectivity index (χ0) is 18.4. The lowest BCUT2D eigenvalue weighted by molar-refractivity contribution is -0.153. The highest BCUT2D eigenvalue weighted by molar-refractivity contribution is 9.10. The Balaban J connectivity index is 2.19. The zero-order valence-electron chi connectivity index (χ0n) is 13.5. The van der Waals surface area contributed by atoms with Crippen LogP contribution in [0.1, 0.15) is 29.4 Å². The summed E-state index contributed by atoms with van der Waals surface area (Å²) in [6.45, 7) is 1.77. The second-order valence-corrected chi connectivity index (χ2v) is 6.34. The van der Waals surface area contributed by atoms with Gasteiger partial charge >= 0.3 is 5.97 Å². The third kappa shape index (κ3) is 5.36. The minimum atomic E-state index is -1.42. The van der Waals surface area contributed by atoms with Gasteiger partial charge in [-0.3, -0.25) is 4.79 Å². The molecule has 0 aliphatic rings. The van der Waals surface area contributed by atoms with Crippen LogP contribution in [0.2, 0.25) is 0 Å². The molecule has 2 aromatic rings. The number of rotatable bonds is 8. The molecule has 0 amide bonds. The average Bonchev–Trinajstić information content (AvgIpc) is 3.02. The van der Waals surface area contributed by atoms with Gasteiger partial charge in [0.1, 0.15) is 0 Å². The van der Waals surface area contributed by atoms with Gasteiger partial charge in [0.25, 0.3) is 0 Å². The zero-order valence-corrected chi connectivity index (χ0v) is 15.1. The predicted molar refractivity (Wildman–Crippen MR) is 90.1 cm³/mol. The fourth-order valence-corrected chi connectivity index (χ4v) is 2.63. The van der Waals surface area contributed by atoms with Crippen LogP contribution >= 0.6 is 15.9 Å². The molecule has 0 saturated carbocycles. The van der Waals surface area contributed by atoms with E-state index in [-0.39, 0.29) is 18.7 Å². The van der Waals surface area contributed by atoms with Gasteiger partial charge in [-0.25, -0.2) is 4.79 Å². The van der Waals surface area contributed by atoms with Crippen LogP contribution in [-0.4, -0.2) is 49.9 Å². The second kappa shape index (κ2) is 8.72. The summed E-state index contributed by atoms with van der Waals surface area (Å²) in [5.74, 6) is -1.93. The van der Waals surface area contributed by atoms with Crippen molar-refractivity contribution in [3.63, 3.8) is 0 Å². The van der Waals surface area contributed by atoms with Crippen molar-refractivity contribution in [2.45, 2.75) is 25.9 Å². The molecule has 0 aliphatic carbocycles. The molecule has 2 atom stereocenters. The summed E-state index contributed by atoms with van der Waals surface area (Å²) in [5, 5.41) is 26.1. The number of aliphatic hydroxyl groups is 1. The molecule has 0 fully saturated rings. The fraction of sp³-hybridized carbons (Fsp3) is 0.375. The molecule has 2 N–H and O–H groups in total. The Morgan fingerprint density at radius 1 is 1.32 bits per heavy atom. The van der Waals surface area contributed by atoms with E-state index < -0.39 is 23.8 Å². The Kier molecular flexibility index (Phi) is 6.65. The van der Waals surface area contributed by atoms with Crippen molar-refractivity contribution in [3.8, 4) is 0 Å². The van der Waals surface area contributed by atoms with Gasteiger partial charge in [0.15, 0.2) is 17.6 Å². The van der Waals surface area contributed by atoms with E-state index in [0.717, 1.165) is 16.2 Å². The van der Waals surface area contributed by atoms with Crippen LogP contribution in [0.4, 0.5) is 0 Å². The van der Waals surface area contributed by atoms with Gasteiger partial charge in [-0.15, -0.1) is 5.10 Å². The maximum absolute atomic E-state index is 12.6.